The van der Waals surface area contributed by atoms with Crippen LogP contribution >= 0.6 is 0 Å². The van der Waals surface area contributed by atoms with Crippen LogP contribution in [0, 0.1) is 5.92 Å². The van der Waals surface area contributed by atoms with Gasteiger partial charge in [0.05, 0.1) is 5.56 Å². The van der Waals surface area contributed by atoms with Crippen molar-refractivity contribution in [3.8, 4) is 0 Å². The second kappa shape index (κ2) is 4.98. The van der Waals surface area contributed by atoms with Gasteiger partial charge in [0.2, 0.25) is 0 Å². The number of benzene rings is 1. The van der Waals surface area contributed by atoms with Crippen LogP contribution in [0.3, 0.4) is 0 Å². The quantitative estimate of drug-likeness (QED) is 0.834. The summed E-state index contributed by atoms with van der Waals surface area (Å²) in [7, 11) is 0. The van der Waals surface area contributed by atoms with Gasteiger partial charge in [-0.05, 0) is 30.9 Å². The Balaban J connectivity index is 2.04. The van der Waals surface area contributed by atoms with Gasteiger partial charge >= 0.3 is 6.18 Å². The summed E-state index contributed by atoms with van der Waals surface area (Å²) in [6.07, 6.45) is 0.377. The zero-order chi connectivity index (χ0) is 12.3. The molecule has 4 heteroatoms. The van der Waals surface area contributed by atoms with Crippen molar-refractivity contribution >= 4 is 5.69 Å². The number of alkyl halides is 3. The maximum absolute atomic E-state index is 12.7. The van der Waals surface area contributed by atoms with Crippen molar-refractivity contribution in [1.29, 1.82) is 0 Å². The van der Waals surface area contributed by atoms with Crippen LogP contribution in [0.5, 0.6) is 0 Å². The predicted octanol–water partition coefficient (Wildman–Crippen LogP) is 4.31. The monoisotopic (exact) mass is 243 g/mol. The maximum atomic E-state index is 12.7. The summed E-state index contributed by atoms with van der Waals surface area (Å²) in [6, 6.07) is 5.67. The van der Waals surface area contributed by atoms with Crippen LogP contribution in [0.1, 0.15) is 31.2 Å². The van der Waals surface area contributed by atoms with Crippen LogP contribution in [0.2, 0.25) is 0 Å². The van der Waals surface area contributed by atoms with Crippen molar-refractivity contribution in [2.75, 3.05) is 11.9 Å². The van der Waals surface area contributed by atoms with Gasteiger partial charge in [-0.2, -0.15) is 13.2 Å². The molecule has 1 N–H and O–H groups in total. The zero-order valence-corrected chi connectivity index (χ0v) is 9.56. The summed E-state index contributed by atoms with van der Waals surface area (Å²) >= 11 is 0. The standard InChI is InChI=1S/C13H16F3N/c14-13(15,16)11-7-3-4-8-12(11)17-9-10-5-1-2-6-10/h3-4,7-8,10,17H,1-2,5-6,9H2. The lowest BCUT2D eigenvalue weighted by Crippen LogP contribution is -2.15. The molecule has 0 unspecified atom stereocenters. The molecule has 1 aliphatic rings. The third kappa shape index (κ3) is 3.14. The summed E-state index contributed by atoms with van der Waals surface area (Å²) in [6.45, 7) is 0.646. The number of hydrogen-bond donors (Lipinski definition) is 1. The summed E-state index contributed by atoms with van der Waals surface area (Å²) in [4.78, 5) is 0. The van der Waals surface area contributed by atoms with Crippen LogP contribution in [0.4, 0.5) is 18.9 Å². The Morgan fingerprint density at radius 3 is 2.41 bits per heavy atom. The predicted molar refractivity (Wildman–Crippen MR) is 61.9 cm³/mol. The number of hydrogen-bond acceptors (Lipinski definition) is 1. The molecule has 0 heterocycles. The molecule has 2 rings (SSSR count). The van der Waals surface area contributed by atoms with Crippen molar-refractivity contribution in [2.24, 2.45) is 5.92 Å². The summed E-state index contributed by atoms with van der Waals surface area (Å²) in [5.74, 6) is 0.524. The number of nitrogens with one attached hydrogen (secondary N) is 1. The van der Waals surface area contributed by atoms with Gasteiger partial charge in [0.1, 0.15) is 0 Å². The van der Waals surface area contributed by atoms with Crippen molar-refractivity contribution < 1.29 is 13.2 Å². The Morgan fingerprint density at radius 2 is 1.76 bits per heavy atom. The second-order valence-electron chi connectivity index (χ2n) is 4.57. The maximum Gasteiger partial charge on any atom is 0.418 e. The van der Waals surface area contributed by atoms with Gasteiger partial charge in [-0.15, -0.1) is 0 Å². The van der Waals surface area contributed by atoms with Crippen molar-refractivity contribution in [3.63, 3.8) is 0 Å². The molecule has 17 heavy (non-hydrogen) atoms. The Labute approximate surface area is 99.0 Å². The van der Waals surface area contributed by atoms with Crippen molar-refractivity contribution in [1.82, 2.24) is 0 Å². The summed E-state index contributed by atoms with van der Waals surface area (Å²) in [5, 5.41) is 2.94. The van der Waals surface area contributed by atoms with E-state index >= 15 is 0 Å². The number of anilines is 1. The molecule has 1 aromatic carbocycles. The first kappa shape index (κ1) is 12.3. The summed E-state index contributed by atoms with van der Waals surface area (Å²) in [5.41, 5.74) is -0.370. The lowest BCUT2D eigenvalue weighted by Gasteiger charge is -2.16. The Kier molecular flexibility index (Phi) is 3.60. The summed E-state index contributed by atoms with van der Waals surface area (Å²) < 4.78 is 38.1. The van der Waals surface area contributed by atoms with E-state index in [0.29, 0.717) is 12.5 Å². The van der Waals surface area contributed by atoms with E-state index in [4.69, 9.17) is 0 Å². The number of para-hydroxylation sites is 1. The highest BCUT2D eigenvalue weighted by atomic mass is 19.4. The van der Waals surface area contributed by atoms with Crippen LogP contribution in [-0.2, 0) is 6.18 Å². The van der Waals surface area contributed by atoms with Crippen LogP contribution in [0.15, 0.2) is 24.3 Å². The smallest absolute Gasteiger partial charge is 0.384 e. The van der Waals surface area contributed by atoms with Gasteiger partial charge in [0.15, 0.2) is 0 Å². The first-order chi connectivity index (χ1) is 8.07. The minimum Gasteiger partial charge on any atom is -0.384 e. The van der Waals surface area contributed by atoms with Crippen LogP contribution < -0.4 is 5.32 Å². The first-order valence-corrected chi connectivity index (χ1v) is 5.97. The fourth-order valence-corrected chi connectivity index (χ4v) is 2.35. The largest absolute Gasteiger partial charge is 0.418 e. The van der Waals surface area contributed by atoms with Gasteiger partial charge in [0, 0.05) is 12.2 Å². The van der Waals surface area contributed by atoms with Gasteiger partial charge in [0.25, 0.3) is 0 Å². The molecule has 0 atom stereocenters. The minimum atomic E-state index is -4.28. The van der Waals surface area contributed by atoms with Crippen LogP contribution in [-0.4, -0.2) is 6.54 Å². The lowest BCUT2D eigenvalue weighted by molar-refractivity contribution is -0.136. The number of rotatable bonds is 3. The highest BCUT2D eigenvalue weighted by Gasteiger charge is 2.33. The Morgan fingerprint density at radius 1 is 1.12 bits per heavy atom. The normalized spacial score (nSPS) is 17.4. The fourth-order valence-electron chi connectivity index (χ4n) is 2.35. The van der Waals surface area contributed by atoms with Crippen molar-refractivity contribution in [3.05, 3.63) is 29.8 Å². The molecule has 0 aliphatic heterocycles. The molecule has 1 fully saturated rings. The molecule has 0 aromatic heterocycles. The van der Waals surface area contributed by atoms with Gasteiger partial charge in [-0.1, -0.05) is 25.0 Å². The minimum absolute atomic E-state index is 0.201. The molecule has 1 aromatic rings. The Hall–Kier alpha value is -1.19. The zero-order valence-electron chi connectivity index (χ0n) is 9.56. The molecule has 0 radical (unpaired) electrons. The molecule has 94 valence electrons. The lowest BCUT2D eigenvalue weighted by atomic mass is 10.1. The molecule has 0 amide bonds. The highest BCUT2D eigenvalue weighted by molar-refractivity contribution is 5.52. The third-order valence-corrected chi connectivity index (χ3v) is 3.29. The van der Waals surface area contributed by atoms with E-state index in [1.54, 1.807) is 6.07 Å². The Bertz CT molecular complexity index is 367. The topological polar surface area (TPSA) is 12.0 Å². The number of halogens is 3. The average Bonchev–Trinajstić information content (AvgIpc) is 2.78. The van der Waals surface area contributed by atoms with Gasteiger partial charge in [-0.3, -0.25) is 0 Å². The molecular formula is C13H16F3N. The molecule has 1 saturated carbocycles. The second-order valence-corrected chi connectivity index (χ2v) is 4.57. The van der Waals surface area contributed by atoms with E-state index in [2.05, 4.69) is 5.32 Å². The average molecular weight is 243 g/mol. The van der Waals surface area contributed by atoms with Gasteiger partial charge in [-0.25, -0.2) is 0 Å². The van der Waals surface area contributed by atoms with E-state index < -0.39 is 11.7 Å². The molecular weight excluding hydrogens is 227 g/mol. The van der Waals surface area contributed by atoms with Crippen molar-refractivity contribution in [2.45, 2.75) is 31.9 Å². The van der Waals surface area contributed by atoms with E-state index in [-0.39, 0.29) is 5.69 Å². The third-order valence-electron chi connectivity index (χ3n) is 3.29. The molecule has 1 aliphatic carbocycles. The fraction of sp³-hybridized carbons (Fsp3) is 0.538. The van der Waals surface area contributed by atoms with Gasteiger partial charge < -0.3 is 5.32 Å². The van der Waals surface area contributed by atoms with E-state index in [9.17, 15) is 13.2 Å². The van der Waals surface area contributed by atoms with E-state index in [0.717, 1.165) is 18.9 Å². The molecule has 0 bridgehead atoms. The van der Waals surface area contributed by atoms with E-state index in [1.165, 1.54) is 25.0 Å². The molecule has 0 spiro atoms. The SMILES string of the molecule is FC(F)(F)c1ccccc1NCC1CCCC1. The first-order valence-electron chi connectivity index (χ1n) is 5.97. The molecule has 1 nitrogen and oxygen atoms in total. The van der Waals surface area contributed by atoms with Crippen LogP contribution in [0.25, 0.3) is 0 Å². The highest BCUT2D eigenvalue weighted by Crippen LogP contribution is 2.35. The molecule has 0 saturated heterocycles. The van der Waals surface area contributed by atoms with E-state index in [1.807, 2.05) is 0 Å².